The van der Waals surface area contributed by atoms with Crippen LogP contribution in [0.25, 0.3) is 0 Å². The van der Waals surface area contributed by atoms with E-state index in [4.69, 9.17) is 22.1 Å². The summed E-state index contributed by atoms with van der Waals surface area (Å²) in [4.78, 5) is 20.6. The van der Waals surface area contributed by atoms with Crippen molar-refractivity contribution in [3.63, 3.8) is 0 Å². The van der Waals surface area contributed by atoms with E-state index in [9.17, 15) is 9.90 Å². The third-order valence-electron chi connectivity index (χ3n) is 3.84. The summed E-state index contributed by atoms with van der Waals surface area (Å²) < 4.78 is 4.95. The molecular formula is C17H22ClN3O3. The van der Waals surface area contributed by atoms with Crippen LogP contribution in [0.1, 0.15) is 43.7 Å². The summed E-state index contributed by atoms with van der Waals surface area (Å²) in [7, 11) is 0. The van der Waals surface area contributed by atoms with E-state index >= 15 is 0 Å². The minimum atomic E-state index is -1.14. The van der Waals surface area contributed by atoms with Gasteiger partial charge in [-0.15, -0.1) is 0 Å². The number of nitrogens with two attached hydrogens (primary N) is 1. The molecule has 2 rings (SSSR count). The highest BCUT2D eigenvalue weighted by atomic mass is 35.5. The third-order valence-corrected chi connectivity index (χ3v) is 4.13. The number of aliphatic hydroxyl groups excluding tert-OH is 1. The van der Waals surface area contributed by atoms with E-state index in [1.807, 2.05) is 20.8 Å². The molecule has 2 unspecified atom stereocenters. The quantitative estimate of drug-likeness (QED) is 0.813. The standard InChI is InChI=1S/C17H22ClN3O3/c1-5-24-14(22)10-9-11(18)12(21-13(10)19)17(7-6-8-20-17)15(23)16(2,3)4/h6-9,15,23H,5H2,1-4H3,(H2,19,21). The van der Waals surface area contributed by atoms with Gasteiger partial charge in [0.05, 0.1) is 23.4 Å². The van der Waals surface area contributed by atoms with Crippen LogP contribution in [-0.4, -0.2) is 35.0 Å². The first kappa shape index (κ1) is 18.4. The fourth-order valence-electron chi connectivity index (χ4n) is 2.65. The van der Waals surface area contributed by atoms with Crippen LogP contribution in [0, 0.1) is 5.41 Å². The smallest absolute Gasteiger partial charge is 0.341 e. The molecule has 0 aliphatic carbocycles. The zero-order valence-corrected chi connectivity index (χ0v) is 15.0. The monoisotopic (exact) mass is 351 g/mol. The molecule has 130 valence electrons. The zero-order chi connectivity index (χ0) is 18.1. The molecule has 0 spiro atoms. The first-order valence-corrected chi connectivity index (χ1v) is 8.06. The van der Waals surface area contributed by atoms with Crippen molar-refractivity contribution in [3.05, 3.63) is 34.5 Å². The number of ether oxygens (including phenoxy) is 1. The Morgan fingerprint density at radius 2 is 2.17 bits per heavy atom. The minimum absolute atomic E-state index is 0.0103. The molecule has 0 fully saturated rings. The number of nitrogen functional groups attached to an aromatic ring is 1. The van der Waals surface area contributed by atoms with Crippen molar-refractivity contribution in [2.75, 3.05) is 12.3 Å². The molecule has 1 aromatic heterocycles. The second kappa shape index (κ2) is 6.53. The Balaban J connectivity index is 2.58. The van der Waals surface area contributed by atoms with Crippen LogP contribution in [-0.2, 0) is 10.3 Å². The second-order valence-corrected chi connectivity index (χ2v) is 7.11. The number of carbonyl (C=O) groups is 1. The van der Waals surface area contributed by atoms with E-state index in [-0.39, 0.29) is 23.0 Å². The van der Waals surface area contributed by atoms with Gasteiger partial charge in [0.15, 0.2) is 0 Å². The minimum Gasteiger partial charge on any atom is -0.462 e. The van der Waals surface area contributed by atoms with Crippen LogP contribution in [0.3, 0.4) is 0 Å². The lowest BCUT2D eigenvalue weighted by Gasteiger charge is -2.38. The third kappa shape index (κ3) is 3.16. The van der Waals surface area contributed by atoms with Crippen molar-refractivity contribution in [2.45, 2.75) is 39.3 Å². The summed E-state index contributed by atoms with van der Waals surface area (Å²) in [5.74, 6) is -0.601. The average Bonchev–Trinajstić information content (AvgIpc) is 2.98. The van der Waals surface area contributed by atoms with Gasteiger partial charge in [0.2, 0.25) is 0 Å². The first-order valence-electron chi connectivity index (χ1n) is 7.68. The Hall–Kier alpha value is -1.92. The lowest BCUT2D eigenvalue weighted by molar-refractivity contribution is 0.0127. The van der Waals surface area contributed by atoms with Crippen LogP contribution in [0.4, 0.5) is 5.82 Å². The molecule has 2 atom stereocenters. The molecule has 0 radical (unpaired) electrons. The van der Waals surface area contributed by atoms with E-state index in [0.29, 0.717) is 5.69 Å². The number of esters is 1. The number of pyridine rings is 1. The molecule has 0 bridgehead atoms. The van der Waals surface area contributed by atoms with Gasteiger partial charge in [0.1, 0.15) is 16.9 Å². The van der Waals surface area contributed by atoms with Gasteiger partial charge in [-0.1, -0.05) is 32.4 Å². The van der Waals surface area contributed by atoms with Gasteiger partial charge in [0, 0.05) is 6.21 Å². The molecule has 1 aromatic rings. The predicted octanol–water partition coefficient (Wildman–Crippen LogP) is 2.74. The van der Waals surface area contributed by atoms with E-state index in [1.54, 1.807) is 25.3 Å². The molecule has 3 N–H and O–H groups in total. The number of anilines is 1. The molecule has 0 saturated carbocycles. The Kier molecular flexibility index (Phi) is 5.01. The van der Waals surface area contributed by atoms with E-state index in [1.165, 1.54) is 6.07 Å². The predicted molar refractivity (Wildman–Crippen MR) is 94.4 cm³/mol. The van der Waals surface area contributed by atoms with Gasteiger partial charge < -0.3 is 15.6 Å². The molecule has 2 heterocycles. The van der Waals surface area contributed by atoms with Crippen LogP contribution in [0.2, 0.25) is 5.02 Å². The van der Waals surface area contributed by atoms with Crippen LogP contribution in [0.15, 0.2) is 23.2 Å². The van der Waals surface area contributed by atoms with Crippen molar-refractivity contribution in [2.24, 2.45) is 10.4 Å². The van der Waals surface area contributed by atoms with Crippen molar-refractivity contribution in [1.29, 1.82) is 0 Å². The van der Waals surface area contributed by atoms with Crippen molar-refractivity contribution < 1.29 is 14.6 Å². The molecule has 7 heteroatoms. The van der Waals surface area contributed by atoms with Gasteiger partial charge in [-0.25, -0.2) is 9.78 Å². The number of rotatable bonds is 4. The van der Waals surface area contributed by atoms with Gasteiger partial charge in [0.25, 0.3) is 0 Å². The molecule has 1 aliphatic heterocycles. The van der Waals surface area contributed by atoms with Crippen molar-refractivity contribution in [1.82, 2.24) is 4.98 Å². The fraction of sp³-hybridized carbons (Fsp3) is 0.471. The molecule has 24 heavy (non-hydrogen) atoms. The van der Waals surface area contributed by atoms with Crippen molar-refractivity contribution >= 4 is 29.6 Å². The fourth-order valence-corrected chi connectivity index (χ4v) is 2.95. The molecule has 6 nitrogen and oxygen atoms in total. The SMILES string of the molecule is CCOC(=O)c1cc(Cl)c(C2(C(O)C(C)(C)C)C=CC=N2)nc1N. The number of hydrogen-bond acceptors (Lipinski definition) is 6. The first-order chi connectivity index (χ1) is 11.1. The zero-order valence-electron chi connectivity index (χ0n) is 14.2. The maximum absolute atomic E-state index is 11.9. The number of nitrogens with zero attached hydrogens (tertiary/aromatic N) is 2. The molecule has 1 aliphatic rings. The highest BCUT2D eigenvalue weighted by molar-refractivity contribution is 6.31. The Labute approximate surface area is 146 Å². The topological polar surface area (TPSA) is 97.8 Å². The summed E-state index contributed by atoms with van der Waals surface area (Å²) in [6.45, 7) is 7.60. The number of aliphatic hydroxyl groups is 1. The number of aliphatic imine (C=N–C) groups is 1. The summed E-state index contributed by atoms with van der Waals surface area (Å²) in [6, 6.07) is 1.41. The van der Waals surface area contributed by atoms with Gasteiger partial charge in [-0.3, -0.25) is 4.99 Å². The summed E-state index contributed by atoms with van der Waals surface area (Å²) in [5.41, 5.74) is 4.71. The van der Waals surface area contributed by atoms with Crippen molar-refractivity contribution in [3.8, 4) is 0 Å². The Morgan fingerprint density at radius 1 is 1.50 bits per heavy atom. The molecule has 0 saturated heterocycles. The van der Waals surface area contributed by atoms with E-state index in [2.05, 4.69) is 9.98 Å². The largest absolute Gasteiger partial charge is 0.462 e. The number of halogens is 1. The highest BCUT2D eigenvalue weighted by Crippen LogP contribution is 2.43. The van der Waals surface area contributed by atoms with Crippen LogP contribution >= 0.6 is 11.6 Å². The number of carbonyl (C=O) groups excluding carboxylic acids is 1. The molecule has 0 amide bonds. The van der Waals surface area contributed by atoms with E-state index in [0.717, 1.165) is 0 Å². The lowest BCUT2D eigenvalue weighted by atomic mass is 9.75. The van der Waals surface area contributed by atoms with Crippen LogP contribution in [0.5, 0.6) is 0 Å². The van der Waals surface area contributed by atoms with E-state index < -0.39 is 23.0 Å². The highest BCUT2D eigenvalue weighted by Gasteiger charge is 2.47. The Morgan fingerprint density at radius 3 is 2.67 bits per heavy atom. The second-order valence-electron chi connectivity index (χ2n) is 6.70. The summed E-state index contributed by atoms with van der Waals surface area (Å²) >= 11 is 6.36. The maximum atomic E-state index is 11.9. The maximum Gasteiger partial charge on any atom is 0.341 e. The number of allylic oxidation sites excluding steroid dienone is 1. The molecule has 0 aromatic carbocycles. The number of aromatic nitrogens is 1. The average molecular weight is 352 g/mol. The van der Waals surface area contributed by atoms with Crippen LogP contribution < -0.4 is 5.73 Å². The Bertz CT molecular complexity index is 696. The lowest BCUT2D eigenvalue weighted by Crippen LogP contribution is -2.44. The normalized spacial score (nSPS) is 21.1. The van der Waals surface area contributed by atoms with Gasteiger partial charge in [-0.05, 0) is 30.6 Å². The number of hydrogen-bond donors (Lipinski definition) is 2. The van der Waals surface area contributed by atoms with Gasteiger partial charge in [-0.2, -0.15) is 0 Å². The molecular weight excluding hydrogens is 330 g/mol. The summed E-state index contributed by atoms with van der Waals surface area (Å²) in [6.07, 6.45) is 4.16. The van der Waals surface area contributed by atoms with Gasteiger partial charge >= 0.3 is 5.97 Å². The summed E-state index contributed by atoms with van der Waals surface area (Å²) in [5, 5.41) is 11.1.